The van der Waals surface area contributed by atoms with Gasteiger partial charge in [-0.2, -0.15) is 5.10 Å². The summed E-state index contributed by atoms with van der Waals surface area (Å²) in [5.41, 5.74) is 3.68. The number of benzene rings is 1. The van der Waals surface area contributed by atoms with E-state index in [9.17, 15) is 4.79 Å². The topological polar surface area (TPSA) is 57.2 Å². The van der Waals surface area contributed by atoms with E-state index in [1.807, 2.05) is 17.0 Å². The third kappa shape index (κ3) is 4.34. The first kappa shape index (κ1) is 15.6. The zero-order valence-corrected chi connectivity index (χ0v) is 12.9. The second kappa shape index (κ2) is 7.28. The maximum Gasteiger partial charge on any atom is 0.290 e. The molecule has 0 aliphatic carbocycles. The molecule has 114 valence electrons. The van der Waals surface area contributed by atoms with Crippen LogP contribution in [0.25, 0.3) is 0 Å². The first-order valence-corrected chi connectivity index (χ1v) is 7.09. The molecule has 1 aromatic rings. The molecule has 0 unspecified atom stereocenters. The van der Waals surface area contributed by atoms with Crippen molar-refractivity contribution >= 4 is 29.0 Å². The number of likely N-dealkylation sites (N-methyl/N-ethyl adjacent to an activating group) is 1. The number of hydrogen-bond donors (Lipinski definition) is 1. The summed E-state index contributed by atoms with van der Waals surface area (Å²) in [7, 11) is 3.42. The summed E-state index contributed by atoms with van der Waals surface area (Å²) in [6, 6.07) is 7.15. The molecule has 0 spiro atoms. The van der Waals surface area contributed by atoms with Gasteiger partial charge in [-0.1, -0.05) is 11.6 Å². The average molecular weight is 311 g/mol. The predicted molar refractivity (Wildman–Crippen MR) is 83.6 cm³/mol. The molecular formula is C14H19ClN4O2. The third-order valence-corrected chi connectivity index (χ3v) is 3.30. The van der Waals surface area contributed by atoms with E-state index in [0.29, 0.717) is 37.2 Å². The smallest absolute Gasteiger partial charge is 0.290 e. The van der Waals surface area contributed by atoms with Crippen LogP contribution in [0.4, 0.5) is 5.69 Å². The average Bonchev–Trinajstić information content (AvgIpc) is 2.50. The van der Waals surface area contributed by atoms with Gasteiger partial charge in [0.15, 0.2) is 0 Å². The zero-order chi connectivity index (χ0) is 15.2. The number of rotatable bonds is 2. The number of morpholine rings is 1. The molecule has 1 heterocycles. The van der Waals surface area contributed by atoms with Gasteiger partial charge in [0.1, 0.15) is 0 Å². The largest absolute Gasteiger partial charge is 0.378 e. The predicted octanol–water partition coefficient (Wildman–Crippen LogP) is 1.49. The van der Waals surface area contributed by atoms with Crippen LogP contribution in [0, 0.1) is 0 Å². The van der Waals surface area contributed by atoms with Gasteiger partial charge in [0, 0.05) is 32.2 Å². The number of amides is 1. The van der Waals surface area contributed by atoms with Crippen LogP contribution in [-0.4, -0.2) is 61.9 Å². The third-order valence-electron chi connectivity index (χ3n) is 3.04. The lowest BCUT2D eigenvalue weighted by Gasteiger charge is -2.30. The number of carbonyl (C=O) groups excluding carboxylic acids is 1. The minimum absolute atomic E-state index is 0.140. The fraction of sp³-hybridized carbons (Fsp3) is 0.429. The van der Waals surface area contributed by atoms with Gasteiger partial charge in [0.2, 0.25) is 5.84 Å². The number of amidine groups is 1. The highest BCUT2D eigenvalue weighted by Crippen LogP contribution is 2.13. The van der Waals surface area contributed by atoms with Crippen LogP contribution in [0.1, 0.15) is 0 Å². The van der Waals surface area contributed by atoms with Gasteiger partial charge in [-0.3, -0.25) is 10.2 Å². The maximum atomic E-state index is 12.3. The number of hydrazone groups is 1. The molecule has 0 saturated carbocycles. The van der Waals surface area contributed by atoms with Crippen molar-refractivity contribution in [1.82, 2.24) is 9.80 Å². The van der Waals surface area contributed by atoms with Gasteiger partial charge in [0.05, 0.1) is 18.9 Å². The number of anilines is 1. The number of halogens is 1. The number of carbonyl (C=O) groups is 1. The van der Waals surface area contributed by atoms with Crippen molar-refractivity contribution in [2.24, 2.45) is 5.10 Å². The Labute approximate surface area is 129 Å². The first-order valence-electron chi connectivity index (χ1n) is 6.71. The quantitative estimate of drug-likeness (QED) is 0.511. The van der Waals surface area contributed by atoms with E-state index < -0.39 is 0 Å². The SMILES string of the molecule is CN(C)C(=O)/C(=N\Nc1ccc(Cl)cc1)N1CCOCC1. The lowest BCUT2D eigenvalue weighted by Crippen LogP contribution is -2.48. The van der Waals surface area contributed by atoms with E-state index in [2.05, 4.69) is 10.5 Å². The lowest BCUT2D eigenvalue weighted by molar-refractivity contribution is -0.122. The Hall–Kier alpha value is -1.79. The molecule has 1 amide bonds. The van der Waals surface area contributed by atoms with E-state index in [0.717, 1.165) is 5.69 Å². The van der Waals surface area contributed by atoms with Crippen molar-refractivity contribution in [3.8, 4) is 0 Å². The van der Waals surface area contributed by atoms with Gasteiger partial charge in [-0.05, 0) is 24.3 Å². The van der Waals surface area contributed by atoms with E-state index in [1.54, 1.807) is 26.2 Å². The molecule has 7 heteroatoms. The van der Waals surface area contributed by atoms with Crippen LogP contribution in [-0.2, 0) is 9.53 Å². The van der Waals surface area contributed by atoms with Crippen LogP contribution in [0.3, 0.4) is 0 Å². The Morgan fingerprint density at radius 3 is 2.48 bits per heavy atom. The van der Waals surface area contributed by atoms with Gasteiger partial charge in [0.25, 0.3) is 5.91 Å². The number of ether oxygens (including phenoxy) is 1. The Morgan fingerprint density at radius 1 is 1.29 bits per heavy atom. The molecule has 1 aliphatic heterocycles. The Balaban J connectivity index is 2.15. The van der Waals surface area contributed by atoms with E-state index in [4.69, 9.17) is 16.3 Å². The van der Waals surface area contributed by atoms with Crippen molar-refractivity contribution in [1.29, 1.82) is 0 Å². The molecule has 1 aliphatic rings. The van der Waals surface area contributed by atoms with Crippen molar-refractivity contribution in [3.63, 3.8) is 0 Å². The first-order chi connectivity index (χ1) is 10.1. The lowest BCUT2D eigenvalue weighted by atomic mass is 10.3. The zero-order valence-electron chi connectivity index (χ0n) is 12.2. The summed E-state index contributed by atoms with van der Waals surface area (Å²) < 4.78 is 5.31. The van der Waals surface area contributed by atoms with Crippen molar-refractivity contribution in [2.45, 2.75) is 0 Å². The van der Waals surface area contributed by atoms with Crippen LogP contribution < -0.4 is 5.43 Å². The molecule has 0 bridgehead atoms. The summed E-state index contributed by atoms with van der Waals surface area (Å²) >= 11 is 5.84. The molecule has 6 nitrogen and oxygen atoms in total. The molecule has 1 N–H and O–H groups in total. The van der Waals surface area contributed by atoms with Crippen LogP contribution in [0.2, 0.25) is 5.02 Å². The second-order valence-corrected chi connectivity index (χ2v) is 5.29. The van der Waals surface area contributed by atoms with Crippen LogP contribution in [0.15, 0.2) is 29.4 Å². The molecule has 1 fully saturated rings. The van der Waals surface area contributed by atoms with E-state index in [1.165, 1.54) is 4.90 Å². The summed E-state index contributed by atoms with van der Waals surface area (Å²) in [4.78, 5) is 15.7. The van der Waals surface area contributed by atoms with Crippen molar-refractivity contribution in [3.05, 3.63) is 29.3 Å². The molecule has 0 atom stereocenters. The fourth-order valence-electron chi connectivity index (χ4n) is 1.87. The molecule has 0 radical (unpaired) electrons. The highest BCUT2D eigenvalue weighted by molar-refractivity contribution is 6.37. The molecular weight excluding hydrogens is 292 g/mol. The summed E-state index contributed by atoms with van der Waals surface area (Å²) in [6.07, 6.45) is 0. The van der Waals surface area contributed by atoms with E-state index in [-0.39, 0.29) is 5.91 Å². The molecule has 0 aromatic heterocycles. The van der Waals surface area contributed by atoms with Crippen LogP contribution >= 0.6 is 11.6 Å². The molecule has 2 rings (SSSR count). The highest BCUT2D eigenvalue weighted by Gasteiger charge is 2.23. The minimum Gasteiger partial charge on any atom is -0.378 e. The van der Waals surface area contributed by atoms with Gasteiger partial charge in [-0.15, -0.1) is 0 Å². The molecule has 1 saturated heterocycles. The highest BCUT2D eigenvalue weighted by atomic mass is 35.5. The van der Waals surface area contributed by atoms with Crippen molar-refractivity contribution in [2.75, 3.05) is 45.8 Å². The summed E-state index contributed by atoms with van der Waals surface area (Å²) in [6.45, 7) is 2.50. The van der Waals surface area contributed by atoms with E-state index >= 15 is 0 Å². The van der Waals surface area contributed by atoms with Crippen LogP contribution in [0.5, 0.6) is 0 Å². The van der Waals surface area contributed by atoms with Gasteiger partial charge in [-0.25, -0.2) is 0 Å². The summed E-state index contributed by atoms with van der Waals surface area (Å²) in [5, 5.41) is 4.93. The Kier molecular flexibility index (Phi) is 5.41. The Bertz CT molecular complexity index is 510. The maximum absolute atomic E-state index is 12.3. The molecule has 21 heavy (non-hydrogen) atoms. The van der Waals surface area contributed by atoms with Gasteiger partial charge >= 0.3 is 0 Å². The fourth-order valence-corrected chi connectivity index (χ4v) is 2.00. The van der Waals surface area contributed by atoms with Gasteiger partial charge < -0.3 is 14.5 Å². The minimum atomic E-state index is -0.140. The number of nitrogens with zero attached hydrogens (tertiary/aromatic N) is 3. The summed E-state index contributed by atoms with van der Waals surface area (Å²) in [5.74, 6) is 0.247. The Morgan fingerprint density at radius 2 is 1.90 bits per heavy atom. The number of hydrogen-bond acceptors (Lipinski definition) is 4. The standard InChI is InChI=1S/C14H19ClN4O2/c1-18(2)14(20)13(19-7-9-21-10-8-19)17-16-12-5-3-11(15)4-6-12/h3-6,16H,7-10H2,1-2H3/b17-13+. The molecule has 1 aromatic carbocycles. The number of nitrogens with one attached hydrogen (secondary N) is 1. The second-order valence-electron chi connectivity index (χ2n) is 4.85. The normalized spacial score (nSPS) is 15.8. The monoisotopic (exact) mass is 310 g/mol. The van der Waals surface area contributed by atoms with Crippen molar-refractivity contribution < 1.29 is 9.53 Å².